The molecule has 0 bridgehead atoms. The van der Waals surface area contributed by atoms with Crippen molar-refractivity contribution in [2.24, 2.45) is 0 Å². The van der Waals surface area contributed by atoms with Gasteiger partial charge in [-0.15, -0.1) is 0 Å². The molecule has 9 heteroatoms. The molecule has 9 nitrogen and oxygen atoms in total. The maximum atomic E-state index is 13.0. The number of carbonyl (C=O) groups is 1. The van der Waals surface area contributed by atoms with Crippen LogP contribution in [0.25, 0.3) is 0 Å². The van der Waals surface area contributed by atoms with E-state index < -0.39 is 49.5 Å². The quantitative estimate of drug-likeness (QED) is 0.0261. The number of hydrogen-bond acceptors (Lipinski definition) is 8. The highest BCUT2D eigenvalue weighted by molar-refractivity contribution is 5.76. The maximum absolute atomic E-state index is 13.0. The van der Waals surface area contributed by atoms with E-state index in [2.05, 4.69) is 31.3 Å². The second kappa shape index (κ2) is 52.4. The van der Waals surface area contributed by atoms with Gasteiger partial charge in [-0.05, 0) is 38.5 Å². The van der Waals surface area contributed by atoms with Crippen molar-refractivity contribution < 1.29 is 39.8 Å². The summed E-state index contributed by atoms with van der Waals surface area (Å²) in [7, 11) is 0. The number of allylic oxidation sites excluding steroid dienone is 2. The molecule has 0 aliphatic carbocycles. The smallest absolute Gasteiger partial charge is 0.220 e. The van der Waals surface area contributed by atoms with E-state index in [1.165, 1.54) is 257 Å². The Balaban J connectivity index is 2.01. The first kappa shape index (κ1) is 67.9. The number of ether oxygens (including phenoxy) is 2. The fourth-order valence-electron chi connectivity index (χ4n) is 10.4. The van der Waals surface area contributed by atoms with E-state index in [4.69, 9.17) is 9.47 Å². The minimum Gasteiger partial charge on any atom is -0.394 e. The Bertz CT molecular complexity index is 1120. The summed E-state index contributed by atoms with van der Waals surface area (Å²) in [6.45, 7) is 3.86. The lowest BCUT2D eigenvalue weighted by Crippen LogP contribution is -2.60. The first-order chi connectivity index (χ1) is 34.8. The van der Waals surface area contributed by atoms with Crippen molar-refractivity contribution in [1.82, 2.24) is 5.32 Å². The molecule has 0 saturated carbocycles. The molecule has 0 aromatic rings. The summed E-state index contributed by atoms with van der Waals surface area (Å²) in [6, 6.07) is -0.714. The average Bonchev–Trinajstić information content (AvgIpc) is 3.37. The Morgan fingerprint density at radius 1 is 0.465 bits per heavy atom. The predicted molar refractivity (Wildman–Crippen MR) is 300 cm³/mol. The van der Waals surface area contributed by atoms with Crippen LogP contribution in [-0.2, 0) is 14.3 Å². The molecular weight excluding hydrogens is 887 g/mol. The molecule has 7 atom stereocenters. The first-order valence-corrected chi connectivity index (χ1v) is 31.4. The van der Waals surface area contributed by atoms with Crippen molar-refractivity contribution in [2.45, 2.75) is 365 Å². The molecule has 1 heterocycles. The third kappa shape index (κ3) is 41.8. The van der Waals surface area contributed by atoms with Gasteiger partial charge in [-0.1, -0.05) is 289 Å². The number of nitrogens with one attached hydrogen (secondary N) is 1. The summed E-state index contributed by atoms with van der Waals surface area (Å²) >= 11 is 0. The van der Waals surface area contributed by atoms with Crippen LogP contribution in [0.4, 0.5) is 0 Å². The highest BCUT2D eigenvalue weighted by Crippen LogP contribution is 2.23. The zero-order valence-corrected chi connectivity index (χ0v) is 47.0. The van der Waals surface area contributed by atoms with E-state index in [1.54, 1.807) is 0 Å². The molecule has 0 spiro atoms. The van der Waals surface area contributed by atoms with Gasteiger partial charge in [-0.2, -0.15) is 0 Å². The van der Waals surface area contributed by atoms with Gasteiger partial charge in [0.05, 0.1) is 25.4 Å². The van der Waals surface area contributed by atoms with Crippen LogP contribution in [-0.4, -0.2) is 87.5 Å². The van der Waals surface area contributed by atoms with Crippen LogP contribution in [0.15, 0.2) is 12.2 Å². The SMILES string of the molecule is CCCCCCCCCCCCCCCCCC/C=C\CCCCCCCCCCCCCCCCCCCC(=O)NC(COC1OC(CO)C(O)C(O)C1O)C(O)CCCCCCCCCCCCC. The van der Waals surface area contributed by atoms with Gasteiger partial charge in [0.25, 0.3) is 0 Å². The fourth-order valence-corrected chi connectivity index (χ4v) is 10.4. The summed E-state index contributed by atoms with van der Waals surface area (Å²) in [4.78, 5) is 13.0. The maximum Gasteiger partial charge on any atom is 0.220 e. The van der Waals surface area contributed by atoms with E-state index in [-0.39, 0.29) is 12.5 Å². The summed E-state index contributed by atoms with van der Waals surface area (Å²) < 4.78 is 11.3. The predicted octanol–water partition coefficient (Wildman–Crippen LogP) is 16.0. The second-order valence-corrected chi connectivity index (χ2v) is 22.2. The van der Waals surface area contributed by atoms with Gasteiger partial charge in [0.1, 0.15) is 24.4 Å². The largest absolute Gasteiger partial charge is 0.394 e. The van der Waals surface area contributed by atoms with Crippen molar-refractivity contribution in [2.75, 3.05) is 13.2 Å². The zero-order chi connectivity index (χ0) is 51.5. The summed E-state index contributed by atoms with van der Waals surface area (Å²) in [5.74, 6) is -0.139. The highest BCUT2D eigenvalue weighted by atomic mass is 16.7. The van der Waals surface area contributed by atoms with E-state index in [0.717, 1.165) is 38.5 Å². The number of unbranched alkanes of at least 4 members (excludes halogenated alkanes) is 43. The normalized spacial score (nSPS) is 19.2. The zero-order valence-electron chi connectivity index (χ0n) is 47.0. The van der Waals surface area contributed by atoms with Crippen molar-refractivity contribution >= 4 is 5.91 Å². The first-order valence-electron chi connectivity index (χ1n) is 31.4. The molecule has 0 radical (unpaired) electrons. The minimum absolute atomic E-state index is 0.133. The minimum atomic E-state index is -1.55. The van der Waals surface area contributed by atoms with Crippen molar-refractivity contribution in [3.05, 3.63) is 12.2 Å². The van der Waals surface area contributed by atoms with E-state index in [9.17, 15) is 30.3 Å². The number of carbonyl (C=O) groups excluding carboxylic acids is 1. The molecule has 6 N–H and O–H groups in total. The van der Waals surface area contributed by atoms with Gasteiger partial charge < -0.3 is 40.3 Å². The number of hydrogen-bond donors (Lipinski definition) is 6. The van der Waals surface area contributed by atoms with Crippen LogP contribution in [0.5, 0.6) is 0 Å². The van der Waals surface area contributed by atoms with Crippen LogP contribution in [0.1, 0.15) is 322 Å². The lowest BCUT2D eigenvalue weighted by atomic mass is 9.99. The summed E-state index contributed by atoms with van der Waals surface area (Å²) in [5.41, 5.74) is 0. The fraction of sp³-hybridized carbons (Fsp3) is 0.952. The molecular formula is C62H121NO8. The Morgan fingerprint density at radius 3 is 1.14 bits per heavy atom. The third-order valence-corrected chi connectivity index (χ3v) is 15.4. The molecule has 1 rings (SSSR count). The average molecular weight is 1010 g/mol. The van der Waals surface area contributed by atoms with Gasteiger partial charge in [-0.3, -0.25) is 4.79 Å². The Morgan fingerprint density at radius 2 is 0.789 bits per heavy atom. The molecule has 71 heavy (non-hydrogen) atoms. The Kier molecular flexibility index (Phi) is 50.1. The number of aliphatic hydroxyl groups is 5. The topological polar surface area (TPSA) is 149 Å². The molecule has 0 aromatic heterocycles. The molecule has 1 aliphatic rings. The van der Waals surface area contributed by atoms with Crippen molar-refractivity contribution in [1.29, 1.82) is 0 Å². The van der Waals surface area contributed by atoms with E-state index >= 15 is 0 Å². The lowest BCUT2D eigenvalue weighted by Gasteiger charge is -2.40. The van der Waals surface area contributed by atoms with Gasteiger partial charge in [-0.25, -0.2) is 0 Å². The lowest BCUT2D eigenvalue weighted by molar-refractivity contribution is -0.302. The number of rotatable bonds is 55. The molecule has 422 valence electrons. The van der Waals surface area contributed by atoms with Gasteiger partial charge in [0.15, 0.2) is 6.29 Å². The van der Waals surface area contributed by atoms with Crippen molar-refractivity contribution in [3.8, 4) is 0 Å². The Labute approximate surface area is 439 Å². The van der Waals surface area contributed by atoms with Crippen LogP contribution >= 0.6 is 0 Å². The molecule has 7 unspecified atom stereocenters. The molecule has 1 saturated heterocycles. The van der Waals surface area contributed by atoms with Crippen LogP contribution in [0.3, 0.4) is 0 Å². The highest BCUT2D eigenvalue weighted by Gasteiger charge is 2.44. The van der Waals surface area contributed by atoms with Gasteiger partial charge in [0.2, 0.25) is 5.91 Å². The van der Waals surface area contributed by atoms with Crippen molar-refractivity contribution in [3.63, 3.8) is 0 Å². The molecule has 1 amide bonds. The summed E-state index contributed by atoms with van der Waals surface area (Å²) in [6.07, 6.45) is 58.6. The standard InChI is InChI=1S/C62H121NO8/c1-3-5-7-9-11-13-15-16-17-18-19-20-21-22-23-24-25-26-27-28-29-30-31-32-33-34-35-36-37-38-39-40-42-44-46-48-50-52-58(66)63-55(54-70-62-61(69)60(68)59(67)57(53-64)71-62)56(65)51-49-47-45-43-41-14-12-10-8-6-4-2/h26-27,55-57,59-62,64-65,67-69H,3-25,28-54H2,1-2H3,(H,63,66)/b27-26-. The Hall–Kier alpha value is -1.07. The summed E-state index contributed by atoms with van der Waals surface area (Å²) in [5, 5.41) is 54.5. The molecule has 1 aliphatic heterocycles. The molecule has 1 fully saturated rings. The van der Waals surface area contributed by atoms with Crippen LogP contribution in [0, 0.1) is 0 Å². The second-order valence-electron chi connectivity index (χ2n) is 22.2. The van der Waals surface area contributed by atoms with Crippen LogP contribution < -0.4 is 5.32 Å². The van der Waals surface area contributed by atoms with E-state index in [1.807, 2.05) is 0 Å². The van der Waals surface area contributed by atoms with E-state index in [0.29, 0.717) is 12.8 Å². The van der Waals surface area contributed by atoms with Gasteiger partial charge in [0, 0.05) is 6.42 Å². The number of amides is 1. The van der Waals surface area contributed by atoms with Crippen LogP contribution in [0.2, 0.25) is 0 Å². The monoisotopic (exact) mass is 1010 g/mol. The van der Waals surface area contributed by atoms with Gasteiger partial charge >= 0.3 is 0 Å². The number of aliphatic hydroxyl groups excluding tert-OH is 5. The molecule has 0 aromatic carbocycles. The third-order valence-electron chi connectivity index (χ3n) is 15.4.